The zero-order valence-corrected chi connectivity index (χ0v) is 13.0. The molecule has 0 unspecified atom stereocenters. The molecular formula is C16H14BrF2NO. The van der Waals surface area contributed by atoms with Crippen molar-refractivity contribution in [3.8, 4) is 0 Å². The summed E-state index contributed by atoms with van der Waals surface area (Å²) in [6.45, 7) is 1.88. The second kappa shape index (κ2) is 6.80. The van der Waals surface area contributed by atoms with Crippen LogP contribution in [0.2, 0.25) is 0 Å². The first-order valence-electron chi connectivity index (χ1n) is 6.45. The molecule has 2 rings (SSSR count). The number of carbonyl (C=O) groups is 1. The zero-order valence-electron chi connectivity index (χ0n) is 11.4. The minimum Gasteiger partial charge on any atom is -0.326 e. The van der Waals surface area contributed by atoms with Gasteiger partial charge < -0.3 is 5.32 Å². The maximum Gasteiger partial charge on any atom is 0.224 e. The Labute approximate surface area is 130 Å². The van der Waals surface area contributed by atoms with Crippen molar-refractivity contribution < 1.29 is 13.6 Å². The molecule has 0 fully saturated rings. The Bertz CT molecular complexity index is 673. The Morgan fingerprint density at radius 2 is 1.95 bits per heavy atom. The van der Waals surface area contributed by atoms with Crippen LogP contribution in [0.5, 0.6) is 0 Å². The summed E-state index contributed by atoms with van der Waals surface area (Å²) < 4.78 is 27.4. The van der Waals surface area contributed by atoms with Crippen LogP contribution in [0.15, 0.2) is 40.9 Å². The summed E-state index contributed by atoms with van der Waals surface area (Å²) in [5, 5.41) is 2.77. The van der Waals surface area contributed by atoms with Gasteiger partial charge in [-0.15, -0.1) is 0 Å². The van der Waals surface area contributed by atoms with Gasteiger partial charge in [-0.25, -0.2) is 8.78 Å². The average Bonchev–Trinajstić information content (AvgIpc) is 2.44. The Kier molecular flexibility index (Phi) is 5.07. The molecule has 5 heteroatoms. The van der Waals surface area contributed by atoms with Crippen LogP contribution in [0, 0.1) is 18.6 Å². The Morgan fingerprint density at radius 3 is 2.71 bits per heavy atom. The molecule has 2 aromatic carbocycles. The molecule has 0 bridgehead atoms. The van der Waals surface area contributed by atoms with E-state index in [0.717, 1.165) is 28.2 Å². The van der Waals surface area contributed by atoms with E-state index in [-0.39, 0.29) is 24.3 Å². The highest BCUT2D eigenvalue weighted by Gasteiger charge is 2.09. The maximum absolute atomic E-state index is 13.5. The molecule has 0 spiro atoms. The highest BCUT2D eigenvalue weighted by atomic mass is 79.9. The average molecular weight is 354 g/mol. The van der Waals surface area contributed by atoms with Crippen LogP contribution in [0.25, 0.3) is 0 Å². The van der Waals surface area contributed by atoms with Gasteiger partial charge in [0.25, 0.3) is 0 Å². The third-order valence-corrected chi connectivity index (χ3v) is 3.60. The number of halogens is 3. The summed E-state index contributed by atoms with van der Waals surface area (Å²) in [5.74, 6) is -1.24. The van der Waals surface area contributed by atoms with Crippen molar-refractivity contribution in [1.29, 1.82) is 0 Å². The largest absolute Gasteiger partial charge is 0.326 e. The number of rotatable bonds is 4. The number of nitrogens with one attached hydrogen (secondary N) is 1. The predicted molar refractivity (Wildman–Crippen MR) is 82.2 cm³/mol. The number of anilines is 1. The fourth-order valence-electron chi connectivity index (χ4n) is 1.92. The molecule has 21 heavy (non-hydrogen) atoms. The fraction of sp³-hybridized carbons (Fsp3) is 0.188. The highest BCUT2D eigenvalue weighted by molar-refractivity contribution is 9.10. The number of carbonyl (C=O) groups excluding carboxylic acids is 1. The van der Waals surface area contributed by atoms with Gasteiger partial charge in [-0.3, -0.25) is 4.79 Å². The quantitative estimate of drug-likeness (QED) is 0.854. The first-order valence-corrected chi connectivity index (χ1v) is 7.25. The Hall–Kier alpha value is -1.75. The summed E-state index contributed by atoms with van der Waals surface area (Å²) in [5.41, 5.74) is 1.84. The van der Waals surface area contributed by atoms with E-state index in [4.69, 9.17) is 0 Å². The monoisotopic (exact) mass is 353 g/mol. The van der Waals surface area contributed by atoms with E-state index >= 15 is 0 Å². The van der Waals surface area contributed by atoms with Crippen LogP contribution >= 0.6 is 15.9 Å². The van der Waals surface area contributed by atoms with Crippen molar-refractivity contribution in [3.63, 3.8) is 0 Å². The molecule has 0 aliphatic rings. The van der Waals surface area contributed by atoms with Crippen molar-refractivity contribution >= 4 is 27.5 Å². The molecule has 2 nitrogen and oxygen atoms in total. The fourth-order valence-corrected chi connectivity index (χ4v) is 2.29. The molecule has 0 atom stereocenters. The van der Waals surface area contributed by atoms with Gasteiger partial charge in [-0.2, -0.15) is 0 Å². The van der Waals surface area contributed by atoms with Crippen molar-refractivity contribution in [1.82, 2.24) is 0 Å². The Morgan fingerprint density at radius 1 is 1.19 bits per heavy atom. The molecule has 0 aromatic heterocycles. The van der Waals surface area contributed by atoms with Crippen LogP contribution in [0.1, 0.15) is 17.5 Å². The topological polar surface area (TPSA) is 29.1 Å². The molecule has 110 valence electrons. The van der Waals surface area contributed by atoms with Crippen molar-refractivity contribution in [2.24, 2.45) is 0 Å². The molecule has 0 radical (unpaired) electrons. The third kappa shape index (κ3) is 4.36. The highest BCUT2D eigenvalue weighted by Crippen LogP contribution is 2.21. The van der Waals surface area contributed by atoms with Crippen molar-refractivity contribution in [2.75, 3.05) is 5.32 Å². The lowest BCUT2D eigenvalue weighted by Gasteiger charge is -2.09. The summed E-state index contributed by atoms with van der Waals surface area (Å²) in [6, 6.07) is 8.81. The van der Waals surface area contributed by atoms with Crippen LogP contribution in [-0.4, -0.2) is 5.91 Å². The normalized spacial score (nSPS) is 10.5. The van der Waals surface area contributed by atoms with E-state index in [1.54, 1.807) is 6.07 Å². The molecule has 1 N–H and O–H groups in total. The first-order chi connectivity index (χ1) is 9.95. The lowest BCUT2D eigenvalue weighted by Crippen LogP contribution is -2.13. The number of hydrogen-bond acceptors (Lipinski definition) is 1. The first kappa shape index (κ1) is 15.6. The lowest BCUT2D eigenvalue weighted by molar-refractivity contribution is -0.116. The number of amides is 1. The number of hydrogen-bond donors (Lipinski definition) is 1. The number of benzene rings is 2. The van der Waals surface area contributed by atoms with Crippen LogP contribution in [-0.2, 0) is 11.2 Å². The molecule has 0 aliphatic carbocycles. The summed E-state index contributed by atoms with van der Waals surface area (Å²) in [4.78, 5) is 11.9. The molecular weight excluding hydrogens is 340 g/mol. The van der Waals surface area contributed by atoms with Gasteiger partial charge in [0.2, 0.25) is 5.91 Å². The van der Waals surface area contributed by atoms with Gasteiger partial charge in [0.15, 0.2) is 0 Å². The Balaban J connectivity index is 1.99. The standard InChI is InChI=1S/C16H14BrF2NO/c1-10-2-4-12(17)9-15(10)20-16(21)7-3-11-8-13(18)5-6-14(11)19/h2,4-6,8-9H,3,7H2,1H3,(H,20,21). The zero-order chi connectivity index (χ0) is 15.4. The number of aryl methyl sites for hydroxylation is 2. The van der Waals surface area contributed by atoms with Crippen LogP contribution in [0.4, 0.5) is 14.5 Å². The molecule has 2 aromatic rings. The summed E-state index contributed by atoms with van der Waals surface area (Å²) >= 11 is 3.34. The minimum atomic E-state index is -0.505. The van der Waals surface area contributed by atoms with Crippen LogP contribution < -0.4 is 5.32 Å². The maximum atomic E-state index is 13.5. The lowest BCUT2D eigenvalue weighted by atomic mass is 10.1. The van der Waals surface area contributed by atoms with Gasteiger partial charge >= 0.3 is 0 Å². The van der Waals surface area contributed by atoms with E-state index in [0.29, 0.717) is 5.69 Å². The summed E-state index contributed by atoms with van der Waals surface area (Å²) in [6.07, 6.45) is 0.245. The minimum absolute atomic E-state index is 0.0896. The van der Waals surface area contributed by atoms with E-state index in [1.165, 1.54) is 0 Å². The van der Waals surface area contributed by atoms with E-state index < -0.39 is 11.6 Å². The van der Waals surface area contributed by atoms with Crippen LogP contribution in [0.3, 0.4) is 0 Å². The van der Waals surface area contributed by atoms with Gasteiger partial charge in [0.05, 0.1) is 0 Å². The predicted octanol–water partition coefficient (Wildman–Crippen LogP) is 4.61. The third-order valence-electron chi connectivity index (χ3n) is 3.10. The van der Waals surface area contributed by atoms with Gasteiger partial charge in [0, 0.05) is 16.6 Å². The molecule has 0 aliphatic heterocycles. The van der Waals surface area contributed by atoms with E-state index in [9.17, 15) is 13.6 Å². The smallest absolute Gasteiger partial charge is 0.224 e. The van der Waals surface area contributed by atoms with Crippen molar-refractivity contribution in [2.45, 2.75) is 19.8 Å². The van der Waals surface area contributed by atoms with Gasteiger partial charge in [-0.05, 0) is 54.8 Å². The van der Waals surface area contributed by atoms with E-state index in [1.807, 2.05) is 19.1 Å². The SMILES string of the molecule is Cc1ccc(Br)cc1NC(=O)CCc1cc(F)ccc1F. The second-order valence-corrected chi connectivity index (χ2v) is 5.66. The molecule has 0 heterocycles. The second-order valence-electron chi connectivity index (χ2n) is 4.74. The molecule has 1 amide bonds. The summed E-state index contributed by atoms with van der Waals surface area (Å²) in [7, 11) is 0. The van der Waals surface area contributed by atoms with Gasteiger partial charge in [0.1, 0.15) is 11.6 Å². The van der Waals surface area contributed by atoms with Gasteiger partial charge in [-0.1, -0.05) is 22.0 Å². The van der Waals surface area contributed by atoms with E-state index in [2.05, 4.69) is 21.2 Å². The van der Waals surface area contributed by atoms with Crippen molar-refractivity contribution in [3.05, 3.63) is 63.6 Å². The molecule has 0 saturated heterocycles. The molecule has 0 saturated carbocycles.